The minimum Gasteiger partial charge on any atom is -0.492 e. The van der Waals surface area contributed by atoms with Crippen molar-refractivity contribution in [3.05, 3.63) is 64.7 Å². The summed E-state index contributed by atoms with van der Waals surface area (Å²) in [6.45, 7) is 2.30. The van der Waals surface area contributed by atoms with Crippen LogP contribution in [0.15, 0.2) is 48.5 Å². The minimum absolute atomic E-state index is 0.0735. The van der Waals surface area contributed by atoms with Gasteiger partial charge >= 0.3 is 0 Å². The normalized spacial score (nSPS) is 10.2. The van der Waals surface area contributed by atoms with E-state index in [1.54, 1.807) is 6.07 Å². The molecule has 0 radical (unpaired) electrons. The van der Waals surface area contributed by atoms with Gasteiger partial charge < -0.3 is 4.74 Å². The molecule has 0 bridgehead atoms. The lowest BCUT2D eigenvalue weighted by atomic mass is 10.1. The molecule has 2 nitrogen and oxygen atoms in total. The molecule has 0 aliphatic heterocycles. The summed E-state index contributed by atoms with van der Waals surface area (Å²) in [5.74, 6) is 0.701. The number of hydrogen-bond donors (Lipinski definition) is 0. The van der Waals surface area contributed by atoms with Crippen molar-refractivity contribution < 1.29 is 9.53 Å². The second-order valence-corrected chi connectivity index (χ2v) is 4.73. The van der Waals surface area contributed by atoms with Crippen LogP contribution in [0.2, 0.25) is 5.02 Å². The Bertz CT molecular complexity index is 564. The molecular formula is C16H15ClO2. The van der Waals surface area contributed by atoms with E-state index in [0.717, 1.165) is 5.56 Å². The van der Waals surface area contributed by atoms with Crippen LogP contribution in [-0.2, 0) is 0 Å². The number of carbonyl (C=O) groups is 1. The molecule has 0 aromatic heterocycles. The van der Waals surface area contributed by atoms with Gasteiger partial charge in [0.25, 0.3) is 0 Å². The molecule has 0 aliphatic rings. The number of hydrogen-bond acceptors (Lipinski definition) is 2. The second-order valence-electron chi connectivity index (χ2n) is 4.32. The summed E-state index contributed by atoms with van der Waals surface area (Å²) in [6, 6.07) is 14.8. The fraction of sp³-hybridized carbons (Fsp3) is 0.188. The van der Waals surface area contributed by atoms with Gasteiger partial charge in [0, 0.05) is 12.0 Å². The van der Waals surface area contributed by atoms with Crippen molar-refractivity contribution in [3.63, 3.8) is 0 Å². The van der Waals surface area contributed by atoms with Crippen molar-refractivity contribution >= 4 is 17.4 Å². The second kappa shape index (κ2) is 6.39. The van der Waals surface area contributed by atoms with E-state index in [2.05, 4.69) is 0 Å². The van der Waals surface area contributed by atoms with Crippen LogP contribution >= 0.6 is 11.6 Å². The number of ketones is 1. The maximum absolute atomic E-state index is 11.9. The van der Waals surface area contributed by atoms with Crippen LogP contribution in [-0.4, -0.2) is 12.4 Å². The summed E-state index contributed by atoms with van der Waals surface area (Å²) in [4.78, 5) is 11.9. The van der Waals surface area contributed by atoms with Gasteiger partial charge in [-0.2, -0.15) is 0 Å². The van der Waals surface area contributed by atoms with Crippen LogP contribution in [0.4, 0.5) is 0 Å². The fourth-order valence-corrected chi connectivity index (χ4v) is 1.92. The van der Waals surface area contributed by atoms with Crippen molar-refractivity contribution in [2.45, 2.75) is 13.3 Å². The molecule has 0 aliphatic carbocycles. The molecule has 98 valence electrons. The van der Waals surface area contributed by atoms with Gasteiger partial charge in [-0.1, -0.05) is 48.0 Å². The highest BCUT2D eigenvalue weighted by atomic mass is 35.5. The first-order valence-corrected chi connectivity index (χ1v) is 6.52. The molecule has 0 saturated carbocycles. The van der Waals surface area contributed by atoms with E-state index in [0.29, 0.717) is 29.4 Å². The summed E-state index contributed by atoms with van der Waals surface area (Å²) < 4.78 is 5.56. The van der Waals surface area contributed by atoms with Gasteiger partial charge in [-0.25, -0.2) is 0 Å². The zero-order valence-corrected chi connectivity index (χ0v) is 11.5. The van der Waals surface area contributed by atoms with Crippen molar-refractivity contribution in [2.24, 2.45) is 0 Å². The van der Waals surface area contributed by atoms with E-state index < -0.39 is 0 Å². The molecule has 0 amide bonds. The number of halogens is 1. The molecule has 0 fully saturated rings. The highest BCUT2D eigenvalue weighted by molar-refractivity contribution is 6.32. The third-order valence-corrected chi connectivity index (χ3v) is 3.08. The molecule has 0 saturated heterocycles. The fourth-order valence-electron chi connectivity index (χ4n) is 1.74. The van der Waals surface area contributed by atoms with E-state index in [9.17, 15) is 4.79 Å². The van der Waals surface area contributed by atoms with E-state index in [4.69, 9.17) is 16.3 Å². The standard InChI is InChI=1S/C16H15ClO2/c1-12-7-8-14(17)16(11-12)19-10-9-15(18)13-5-3-2-4-6-13/h2-8,11H,9-10H2,1H3. The summed E-state index contributed by atoms with van der Waals surface area (Å²) in [6.07, 6.45) is 0.342. The molecule has 0 spiro atoms. The zero-order chi connectivity index (χ0) is 13.7. The number of Topliss-reactive ketones (excluding diaryl/α,β-unsaturated/α-hetero) is 1. The lowest BCUT2D eigenvalue weighted by molar-refractivity contribution is 0.0962. The van der Waals surface area contributed by atoms with Crippen molar-refractivity contribution in [2.75, 3.05) is 6.61 Å². The maximum atomic E-state index is 11.9. The molecule has 3 heteroatoms. The summed E-state index contributed by atoms with van der Waals surface area (Å²) in [7, 11) is 0. The predicted molar refractivity (Wildman–Crippen MR) is 77.1 cm³/mol. The van der Waals surface area contributed by atoms with Gasteiger partial charge in [0.05, 0.1) is 11.6 Å². The smallest absolute Gasteiger partial charge is 0.166 e. The molecule has 0 heterocycles. The van der Waals surface area contributed by atoms with Crippen molar-refractivity contribution in [1.29, 1.82) is 0 Å². The van der Waals surface area contributed by atoms with Gasteiger partial charge in [0.15, 0.2) is 5.78 Å². The Kier molecular flexibility index (Phi) is 4.58. The molecule has 19 heavy (non-hydrogen) atoms. The number of benzene rings is 2. The largest absolute Gasteiger partial charge is 0.492 e. The maximum Gasteiger partial charge on any atom is 0.166 e. The first-order chi connectivity index (χ1) is 9.16. The SMILES string of the molecule is Cc1ccc(Cl)c(OCCC(=O)c2ccccc2)c1. The topological polar surface area (TPSA) is 26.3 Å². The van der Waals surface area contributed by atoms with Crippen LogP contribution in [0.1, 0.15) is 22.3 Å². The lowest BCUT2D eigenvalue weighted by Crippen LogP contribution is -2.06. The van der Waals surface area contributed by atoms with E-state index in [1.807, 2.05) is 49.4 Å². The van der Waals surface area contributed by atoms with Crippen LogP contribution in [0.25, 0.3) is 0 Å². The monoisotopic (exact) mass is 274 g/mol. The molecule has 2 aromatic carbocycles. The Morgan fingerprint density at radius 3 is 2.63 bits per heavy atom. The Labute approximate surface area is 118 Å². The number of rotatable bonds is 5. The number of aryl methyl sites for hydroxylation is 1. The van der Waals surface area contributed by atoms with Crippen LogP contribution in [0.5, 0.6) is 5.75 Å². The van der Waals surface area contributed by atoms with Crippen molar-refractivity contribution in [1.82, 2.24) is 0 Å². The predicted octanol–water partition coefficient (Wildman–Crippen LogP) is 4.30. The number of carbonyl (C=O) groups excluding carboxylic acids is 1. The zero-order valence-electron chi connectivity index (χ0n) is 10.7. The van der Waals surface area contributed by atoms with Crippen molar-refractivity contribution in [3.8, 4) is 5.75 Å². The molecule has 0 atom stereocenters. The van der Waals surface area contributed by atoms with Crippen LogP contribution < -0.4 is 4.74 Å². The average Bonchev–Trinajstić information content (AvgIpc) is 2.43. The van der Waals surface area contributed by atoms with E-state index in [1.165, 1.54) is 0 Å². The Balaban J connectivity index is 1.90. The first kappa shape index (κ1) is 13.6. The van der Waals surface area contributed by atoms with Gasteiger partial charge in [0.2, 0.25) is 0 Å². The Hall–Kier alpha value is -1.80. The van der Waals surface area contributed by atoms with Gasteiger partial charge in [-0.05, 0) is 24.6 Å². The van der Waals surface area contributed by atoms with Gasteiger partial charge in [-0.3, -0.25) is 4.79 Å². The highest BCUT2D eigenvalue weighted by Crippen LogP contribution is 2.25. The Morgan fingerprint density at radius 2 is 1.89 bits per heavy atom. The van der Waals surface area contributed by atoms with Gasteiger partial charge in [0.1, 0.15) is 5.75 Å². The van der Waals surface area contributed by atoms with E-state index in [-0.39, 0.29) is 5.78 Å². The highest BCUT2D eigenvalue weighted by Gasteiger charge is 2.06. The van der Waals surface area contributed by atoms with E-state index >= 15 is 0 Å². The summed E-state index contributed by atoms with van der Waals surface area (Å²) >= 11 is 6.02. The third kappa shape index (κ3) is 3.83. The third-order valence-electron chi connectivity index (χ3n) is 2.77. The molecule has 2 aromatic rings. The number of ether oxygens (including phenoxy) is 1. The van der Waals surface area contributed by atoms with Gasteiger partial charge in [-0.15, -0.1) is 0 Å². The molecule has 0 N–H and O–H groups in total. The Morgan fingerprint density at radius 1 is 1.16 bits per heavy atom. The summed E-state index contributed by atoms with van der Waals surface area (Å²) in [5.41, 5.74) is 1.79. The quantitative estimate of drug-likeness (QED) is 0.760. The average molecular weight is 275 g/mol. The molecular weight excluding hydrogens is 260 g/mol. The van der Waals surface area contributed by atoms with Crippen LogP contribution in [0.3, 0.4) is 0 Å². The van der Waals surface area contributed by atoms with Crippen LogP contribution in [0, 0.1) is 6.92 Å². The molecule has 2 rings (SSSR count). The lowest BCUT2D eigenvalue weighted by Gasteiger charge is -2.08. The summed E-state index contributed by atoms with van der Waals surface area (Å²) in [5, 5.41) is 0.567. The molecule has 0 unspecified atom stereocenters. The first-order valence-electron chi connectivity index (χ1n) is 6.14. The minimum atomic E-state index is 0.0735.